The Morgan fingerprint density at radius 1 is 1.03 bits per heavy atom. The molecule has 4 aromatic rings. The lowest BCUT2D eigenvalue weighted by Gasteiger charge is -2.13. The summed E-state index contributed by atoms with van der Waals surface area (Å²) in [5, 5.41) is 0. The van der Waals surface area contributed by atoms with Crippen molar-refractivity contribution >= 4 is 21.4 Å². The van der Waals surface area contributed by atoms with Gasteiger partial charge in [0.15, 0.2) is 11.6 Å². The Bertz CT molecular complexity index is 1370. The van der Waals surface area contributed by atoms with Crippen molar-refractivity contribution in [3.8, 4) is 17.0 Å². The van der Waals surface area contributed by atoms with E-state index in [1.54, 1.807) is 18.2 Å². The van der Waals surface area contributed by atoms with E-state index in [4.69, 9.17) is 4.74 Å². The quantitative estimate of drug-likeness (QED) is 0.511. The maximum Gasteiger partial charge on any atom is 0.262 e. The van der Waals surface area contributed by atoms with E-state index < -0.39 is 26.6 Å². The van der Waals surface area contributed by atoms with Crippen molar-refractivity contribution in [3.05, 3.63) is 78.1 Å². The second kappa shape index (κ2) is 7.42. The van der Waals surface area contributed by atoms with Crippen LogP contribution in [0.15, 0.2) is 65.8 Å². The summed E-state index contributed by atoms with van der Waals surface area (Å²) in [5.41, 5.74) is 3.25. The van der Waals surface area contributed by atoms with Crippen LogP contribution < -0.4 is 9.46 Å². The fourth-order valence-electron chi connectivity index (χ4n) is 3.02. The molecular formula is C21H17F2N3O3S. The lowest BCUT2D eigenvalue weighted by Crippen LogP contribution is -2.14. The fourth-order valence-corrected chi connectivity index (χ4v) is 4.09. The summed E-state index contributed by atoms with van der Waals surface area (Å²) in [7, 11) is -2.78. The molecule has 2 heterocycles. The largest absolute Gasteiger partial charge is 0.495 e. The summed E-state index contributed by atoms with van der Waals surface area (Å²) in [5.74, 6) is -2.11. The Labute approximate surface area is 171 Å². The van der Waals surface area contributed by atoms with Crippen molar-refractivity contribution in [3.63, 3.8) is 0 Å². The van der Waals surface area contributed by atoms with Crippen molar-refractivity contribution in [1.29, 1.82) is 0 Å². The first-order chi connectivity index (χ1) is 14.3. The van der Waals surface area contributed by atoms with E-state index in [9.17, 15) is 17.2 Å². The third-order valence-electron chi connectivity index (χ3n) is 4.56. The predicted molar refractivity (Wildman–Crippen MR) is 109 cm³/mol. The molecule has 1 N–H and O–H groups in total. The molecule has 0 unspecified atom stereocenters. The number of methoxy groups -OCH3 is 1. The van der Waals surface area contributed by atoms with Gasteiger partial charge >= 0.3 is 0 Å². The topological polar surface area (TPSA) is 72.7 Å². The zero-order valence-electron chi connectivity index (χ0n) is 16.1. The van der Waals surface area contributed by atoms with Crippen LogP contribution in [0.2, 0.25) is 0 Å². The van der Waals surface area contributed by atoms with Gasteiger partial charge in [0.2, 0.25) is 0 Å². The summed E-state index contributed by atoms with van der Waals surface area (Å²) in [6.45, 7) is 1.97. The number of aryl methyl sites for hydroxylation is 1. The van der Waals surface area contributed by atoms with Gasteiger partial charge in [-0.3, -0.25) is 4.72 Å². The van der Waals surface area contributed by atoms with Gasteiger partial charge < -0.3 is 9.14 Å². The molecule has 9 heteroatoms. The first kappa shape index (κ1) is 19.8. The van der Waals surface area contributed by atoms with Crippen LogP contribution in [0, 0.1) is 18.6 Å². The van der Waals surface area contributed by atoms with Crippen LogP contribution in [0.1, 0.15) is 5.56 Å². The van der Waals surface area contributed by atoms with Gasteiger partial charge in [-0.05, 0) is 61.0 Å². The molecule has 30 heavy (non-hydrogen) atoms. The maximum absolute atomic E-state index is 13.5. The molecular weight excluding hydrogens is 412 g/mol. The number of nitrogens with zero attached hydrogens (tertiary/aromatic N) is 2. The third kappa shape index (κ3) is 3.71. The number of imidazole rings is 1. The highest BCUT2D eigenvalue weighted by molar-refractivity contribution is 7.92. The van der Waals surface area contributed by atoms with Crippen LogP contribution in [-0.2, 0) is 10.0 Å². The summed E-state index contributed by atoms with van der Waals surface area (Å²) in [4.78, 5) is 4.16. The van der Waals surface area contributed by atoms with Crippen LogP contribution >= 0.6 is 0 Å². The van der Waals surface area contributed by atoms with Crippen LogP contribution in [0.4, 0.5) is 14.5 Å². The minimum absolute atomic E-state index is 0.146. The van der Waals surface area contributed by atoms with Gasteiger partial charge in [-0.1, -0.05) is 0 Å². The summed E-state index contributed by atoms with van der Waals surface area (Å²) in [6, 6.07) is 11.2. The molecule has 6 nitrogen and oxygen atoms in total. The van der Waals surface area contributed by atoms with E-state index in [1.165, 1.54) is 7.11 Å². The number of hydrogen-bond donors (Lipinski definition) is 1. The average molecular weight is 429 g/mol. The number of halogens is 2. The van der Waals surface area contributed by atoms with Gasteiger partial charge in [0, 0.05) is 18.0 Å². The lowest BCUT2D eigenvalue weighted by molar-refractivity contribution is 0.417. The van der Waals surface area contributed by atoms with Gasteiger partial charge in [0.05, 0.1) is 23.4 Å². The van der Waals surface area contributed by atoms with Crippen molar-refractivity contribution in [2.75, 3.05) is 11.8 Å². The van der Waals surface area contributed by atoms with E-state index in [1.807, 2.05) is 35.9 Å². The molecule has 0 spiro atoms. The highest BCUT2D eigenvalue weighted by Crippen LogP contribution is 2.32. The molecule has 0 aliphatic rings. The number of nitrogens with one attached hydrogen (secondary N) is 1. The molecule has 0 fully saturated rings. The Hall–Kier alpha value is -3.46. The first-order valence-electron chi connectivity index (χ1n) is 8.88. The average Bonchev–Trinajstić information content (AvgIpc) is 3.12. The maximum atomic E-state index is 13.5. The summed E-state index contributed by atoms with van der Waals surface area (Å²) in [6.07, 6.45) is 3.71. The standard InChI is InChI=1S/C21H17F2N3O3S/c1-13-7-8-26-12-19(24-21(26)9-13)14-3-6-20(29-2)18(10-14)25-30(27,28)15-4-5-16(22)17(23)11-15/h3-12,25H,1-2H3. The minimum Gasteiger partial charge on any atom is -0.495 e. The molecule has 0 amide bonds. The molecule has 0 aliphatic carbocycles. The van der Waals surface area contributed by atoms with Crippen molar-refractivity contribution in [2.45, 2.75) is 11.8 Å². The SMILES string of the molecule is COc1ccc(-c2cn3ccc(C)cc3n2)cc1NS(=O)(=O)c1ccc(F)c(F)c1. The number of pyridine rings is 1. The molecule has 0 bridgehead atoms. The van der Waals surface area contributed by atoms with E-state index in [0.29, 0.717) is 17.3 Å². The molecule has 0 aliphatic heterocycles. The summed E-state index contributed by atoms with van der Waals surface area (Å²) < 4.78 is 61.5. The molecule has 154 valence electrons. The Balaban J connectivity index is 1.74. The third-order valence-corrected chi connectivity index (χ3v) is 5.92. The first-order valence-corrected chi connectivity index (χ1v) is 10.4. The molecule has 2 aromatic heterocycles. The number of ether oxygens (including phenoxy) is 1. The van der Waals surface area contributed by atoms with E-state index in [2.05, 4.69) is 9.71 Å². The number of aromatic nitrogens is 2. The zero-order valence-corrected chi connectivity index (χ0v) is 16.9. The van der Waals surface area contributed by atoms with Crippen molar-refractivity contribution in [2.24, 2.45) is 0 Å². The zero-order chi connectivity index (χ0) is 21.5. The second-order valence-electron chi connectivity index (χ2n) is 6.69. The van der Waals surface area contributed by atoms with Crippen LogP contribution in [0.25, 0.3) is 16.9 Å². The van der Waals surface area contributed by atoms with E-state index in [0.717, 1.165) is 23.3 Å². The number of fused-ring (bicyclic) bond motifs is 1. The molecule has 0 radical (unpaired) electrons. The number of rotatable bonds is 5. The van der Waals surface area contributed by atoms with Crippen molar-refractivity contribution in [1.82, 2.24) is 9.38 Å². The molecule has 0 saturated heterocycles. The molecule has 4 rings (SSSR count). The number of sulfonamides is 1. The normalized spacial score (nSPS) is 11.6. The fraction of sp³-hybridized carbons (Fsp3) is 0.0952. The van der Waals surface area contributed by atoms with Crippen LogP contribution in [-0.4, -0.2) is 24.9 Å². The van der Waals surface area contributed by atoms with Gasteiger partial charge in [-0.25, -0.2) is 22.2 Å². The minimum atomic E-state index is -4.18. The van der Waals surface area contributed by atoms with Gasteiger partial charge in [-0.15, -0.1) is 0 Å². The van der Waals surface area contributed by atoms with Crippen molar-refractivity contribution < 1.29 is 21.9 Å². The number of benzene rings is 2. The van der Waals surface area contributed by atoms with Crippen LogP contribution in [0.3, 0.4) is 0 Å². The number of anilines is 1. The van der Waals surface area contributed by atoms with Gasteiger partial charge in [0.1, 0.15) is 11.4 Å². The smallest absolute Gasteiger partial charge is 0.262 e. The lowest BCUT2D eigenvalue weighted by atomic mass is 10.1. The summed E-state index contributed by atoms with van der Waals surface area (Å²) >= 11 is 0. The van der Waals surface area contributed by atoms with Gasteiger partial charge in [0.25, 0.3) is 10.0 Å². The Kier molecular flexibility index (Phi) is 4.90. The second-order valence-corrected chi connectivity index (χ2v) is 8.37. The predicted octanol–water partition coefficient (Wildman–Crippen LogP) is 4.40. The highest BCUT2D eigenvalue weighted by atomic mass is 32.2. The molecule has 2 aromatic carbocycles. The molecule has 0 saturated carbocycles. The Morgan fingerprint density at radius 3 is 2.57 bits per heavy atom. The van der Waals surface area contributed by atoms with E-state index >= 15 is 0 Å². The van der Waals surface area contributed by atoms with Gasteiger partial charge in [-0.2, -0.15) is 0 Å². The monoisotopic (exact) mass is 429 g/mol. The number of hydrogen-bond acceptors (Lipinski definition) is 4. The van der Waals surface area contributed by atoms with Crippen LogP contribution in [0.5, 0.6) is 5.75 Å². The molecule has 0 atom stereocenters. The van der Waals surface area contributed by atoms with E-state index in [-0.39, 0.29) is 11.4 Å². The highest BCUT2D eigenvalue weighted by Gasteiger charge is 2.19. The Morgan fingerprint density at radius 2 is 1.83 bits per heavy atom.